The summed E-state index contributed by atoms with van der Waals surface area (Å²) in [5.41, 5.74) is 7.71. The molecule has 2 heterocycles. The van der Waals surface area contributed by atoms with Crippen molar-refractivity contribution in [3.05, 3.63) is 29.8 Å². The van der Waals surface area contributed by atoms with E-state index in [9.17, 15) is 0 Å². The maximum Gasteiger partial charge on any atom is 0.122 e. The molecule has 3 heteroatoms. The Hall–Kier alpha value is -1.06. The third kappa shape index (κ3) is 2.38. The zero-order valence-corrected chi connectivity index (χ0v) is 10.7. The SMILES string of the molecule is NC(C1CCCOC1)C1COc2ccccc2C1. The Kier molecular flexibility index (Phi) is 3.52. The molecule has 18 heavy (non-hydrogen) atoms. The molecule has 0 bridgehead atoms. The zero-order valence-electron chi connectivity index (χ0n) is 10.7. The number of rotatable bonds is 2. The van der Waals surface area contributed by atoms with E-state index in [0.717, 1.165) is 38.4 Å². The second-order valence-corrected chi connectivity index (χ2v) is 5.44. The summed E-state index contributed by atoms with van der Waals surface area (Å²) in [4.78, 5) is 0. The standard InChI is InChI=1S/C15H21NO2/c16-15(12-5-3-7-17-9-12)13-8-11-4-1-2-6-14(11)18-10-13/h1-2,4,6,12-13,15H,3,5,7-10,16H2. The van der Waals surface area contributed by atoms with Gasteiger partial charge in [0.05, 0.1) is 13.2 Å². The Bertz CT molecular complexity index is 401. The predicted molar refractivity (Wildman–Crippen MR) is 70.6 cm³/mol. The quantitative estimate of drug-likeness (QED) is 0.869. The van der Waals surface area contributed by atoms with Crippen LogP contribution in [0.25, 0.3) is 0 Å². The average Bonchev–Trinajstić information content (AvgIpc) is 2.47. The molecule has 1 aromatic rings. The summed E-state index contributed by atoms with van der Waals surface area (Å²) in [5, 5.41) is 0. The highest BCUT2D eigenvalue weighted by Gasteiger charge is 2.31. The van der Waals surface area contributed by atoms with Gasteiger partial charge in [-0.25, -0.2) is 0 Å². The van der Waals surface area contributed by atoms with E-state index in [1.807, 2.05) is 12.1 Å². The number of hydrogen-bond acceptors (Lipinski definition) is 3. The fraction of sp³-hybridized carbons (Fsp3) is 0.600. The van der Waals surface area contributed by atoms with Gasteiger partial charge in [-0.2, -0.15) is 0 Å². The van der Waals surface area contributed by atoms with E-state index in [2.05, 4.69) is 12.1 Å². The van der Waals surface area contributed by atoms with Crippen molar-refractivity contribution >= 4 is 0 Å². The number of nitrogens with two attached hydrogens (primary N) is 1. The van der Waals surface area contributed by atoms with E-state index >= 15 is 0 Å². The van der Waals surface area contributed by atoms with Crippen LogP contribution in [0.4, 0.5) is 0 Å². The first-order chi connectivity index (χ1) is 8.84. The minimum Gasteiger partial charge on any atom is -0.493 e. The highest BCUT2D eigenvalue weighted by atomic mass is 16.5. The molecule has 2 aliphatic rings. The van der Waals surface area contributed by atoms with E-state index in [0.29, 0.717) is 11.8 Å². The summed E-state index contributed by atoms with van der Waals surface area (Å²) in [7, 11) is 0. The van der Waals surface area contributed by atoms with Gasteiger partial charge >= 0.3 is 0 Å². The topological polar surface area (TPSA) is 44.5 Å². The molecule has 3 nitrogen and oxygen atoms in total. The lowest BCUT2D eigenvalue weighted by molar-refractivity contribution is 0.0295. The van der Waals surface area contributed by atoms with Gasteiger partial charge in [-0.15, -0.1) is 0 Å². The molecule has 3 unspecified atom stereocenters. The molecule has 98 valence electrons. The Balaban J connectivity index is 1.67. The van der Waals surface area contributed by atoms with Crippen molar-refractivity contribution in [2.45, 2.75) is 25.3 Å². The lowest BCUT2D eigenvalue weighted by Gasteiger charge is -2.35. The molecule has 0 aliphatic carbocycles. The van der Waals surface area contributed by atoms with Crippen molar-refractivity contribution in [1.29, 1.82) is 0 Å². The number of ether oxygens (including phenoxy) is 2. The first-order valence-corrected chi connectivity index (χ1v) is 6.88. The maximum atomic E-state index is 6.42. The highest BCUT2D eigenvalue weighted by Crippen LogP contribution is 2.31. The summed E-state index contributed by atoms with van der Waals surface area (Å²) in [6.45, 7) is 2.46. The lowest BCUT2D eigenvalue weighted by atomic mass is 9.81. The van der Waals surface area contributed by atoms with Crippen LogP contribution in [0.1, 0.15) is 18.4 Å². The van der Waals surface area contributed by atoms with Crippen LogP contribution in [-0.4, -0.2) is 25.9 Å². The number of benzene rings is 1. The van der Waals surface area contributed by atoms with Crippen LogP contribution < -0.4 is 10.5 Å². The minimum absolute atomic E-state index is 0.193. The second-order valence-electron chi connectivity index (χ2n) is 5.44. The summed E-state index contributed by atoms with van der Waals surface area (Å²) in [5.74, 6) is 1.95. The van der Waals surface area contributed by atoms with Gasteiger partial charge in [0.15, 0.2) is 0 Å². The van der Waals surface area contributed by atoms with E-state index in [1.54, 1.807) is 0 Å². The van der Waals surface area contributed by atoms with Crippen LogP contribution in [0.2, 0.25) is 0 Å². The largest absolute Gasteiger partial charge is 0.493 e. The Morgan fingerprint density at radius 3 is 2.89 bits per heavy atom. The molecule has 0 amide bonds. The van der Waals surface area contributed by atoms with Gasteiger partial charge in [0.2, 0.25) is 0 Å². The summed E-state index contributed by atoms with van der Waals surface area (Å²) < 4.78 is 11.4. The van der Waals surface area contributed by atoms with Crippen LogP contribution in [0, 0.1) is 11.8 Å². The molecule has 1 fully saturated rings. The second kappa shape index (κ2) is 5.29. The summed E-state index contributed by atoms with van der Waals surface area (Å²) >= 11 is 0. The van der Waals surface area contributed by atoms with Crippen LogP contribution in [0.5, 0.6) is 5.75 Å². The third-order valence-corrected chi connectivity index (χ3v) is 4.19. The van der Waals surface area contributed by atoms with Crippen molar-refractivity contribution in [2.24, 2.45) is 17.6 Å². The minimum atomic E-state index is 0.193. The van der Waals surface area contributed by atoms with Crippen molar-refractivity contribution < 1.29 is 9.47 Å². The van der Waals surface area contributed by atoms with Gasteiger partial charge in [-0.1, -0.05) is 18.2 Å². The van der Waals surface area contributed by atoms with E-state index in [-0.39, 0.29) is 6.04 Å². The first kappa shape index (κ1) is 12.0. The molecule has 0 saturated carbocycles. The molecular weight excluding hydrogens is 226 g/mol. The number of hydrogen-bond donors (Lipinski definition) is 1. The molecule has 1 saturated heterocycles. The van der Waals surface area contributed by atoms with Crippen molar-refractivity contribution in [2.75, 3.05) is 19.8 Å². The summed E-state index contributed by atoms with van der Waals surface area (Å²) in [6.07, 6.45) is 3.37. The van der Waals surface area contributed by atoms with Crippen molar-refractivity contribution in [1.82, 2.24) is 0 Å². The van der Waals surface area contributed by atoms with Crippen LogP contribution in [-0.2, 0) is 11.2 Å². The molecule has 3 atom stereocenters. The Morgan fingerprint density at radius 2 is 2.06 bits per heavy atom. The molecule has 2 aliphatic heterocycles. The van der Waals surface area contributed by atoms with Gasteiger partial charge < -0.3 is 15.2 Å². The monoisotopic (exact) mass is 247 g/mol. The fourth-order valence-electron chi connectivity index (χ4n) is 3.05. The molecule has 0 spiro atoms. The van der Waals surface area contributed by atoms with Crippen LogP contribution in [0.15, 0.2) is 24.3 Å². The van der Waals surface area contributed by atoms with Gasteiger partial charge in [-0.05, 0) is 36.8 Å². The summed E-state index contributed by atoms with van der Waals surface area (Å²) in [6, 6.07) is 8.47. The van der Waals surface area contributed by atoms with Gasteiger partial charge in [0.1, 0.15) is 5.75 Å². The smallest absolute Gasteiger partial charge is 0.122 e. The number of para-hydroxylation sites is 1. The van der Waals surface area contributed by atoms with Crippen molar-refractivity contribution in [3.8, 4) is 5.75 Å². The fourth-order valence-corrected chi connectivity index (χ4v) is 3.05. The highest BCUT2D eigenvalue weighted by molar-refractivity contribution is 5.35. The van der Waals surface area contributed by atoms with E-state index in [1.165, 1.54) is 12.0 Å². The zero-order chi connectivity index (χ0) is 12.4. The average molecular weight is 247 g/mol. The van der Waals surface area contributed by atoms with Gasteiger partial charge in [0, 0.05) is 18.6 Å². The van der Waals surface area contributed by atoms with Crippen LogP contribution in [0.3, 0.4) is 0 Å². The van der Waals surface area contributed by atoms with E-state index < -0.39 is 0 Å². The van der Waals surface area contributed by atoms with Gasteiger partial charge in [0.25, 0.3) is 0 Å². The van der Waals surface area contributed by atoms with Crippen LogP contribution >= 0.6 is 0 Å². The first-order valence-electron chi connectivity index (χ1n) is 6.88. The molecule has 0 radical (unpaired) electrons. The molecule has 1 aromatic carbocycles. The molecule has 3 rings (SSSR count). The Labute approximate surface area is 108 Å². The molecule has 0 aromatic heterocycles. The Morgan fingerprint density at radius 1 is 1.17 bits per heavy atom. The molecular formula is C15H21NO2. The molecule has 2 N–H and O–H groups in total. The predicted octanol–water partition coefficient (Wildman–Crippen LogP) is 1.99. The maximum absolute atomic E-state index is 6.42. The third-order valence-electron chi connectivity index (χ3n) is 4.19. The van der Waals surface area contributed by atoms with Gasteiger partial charge in [-0.3, -0.25) is 0 Å². The lowest BCUT2D eigenvalue weighted by Crippen LogP contribution is -2.45. The normalized spacial score (nSPS) is 29.2. The number of fused-ring (bicyclic) bond motifs is 1. The van der Waals surface area contributed by atoms with Crippen molar-refractivity contribution in [3.63, 3.8) is 0 Å². The van der Waals surface area contributed by atoms with E-state index in [4.69, 9.17) is 15.2 Å².